The Morgan fingerprint density at radius 3 is 2.59 bits per heavy atom. The van der Waals surface area contributed by atoms with E-state index in [0.717, 1.165) is 45.1 Å². The minimum Gasteiger partial charge on any atom is -0.383 e. The van der Waals surface area contributed by atoms with Gasteiger partial charge < -0.3 is 25.0 Å². The number of morpholine rings is 1. The lowest BCUT2D eigenvalue weighted by Gasteiger charge is -2.28. The van der Waals surface area contributed by atoms with E-state index < -0.39 is 0 Å². The van der Waals surface area contributed by atoms with Crippen LogP contribution in [0.4, 0.5) is 5.69 Å². The van der Waals surface area contributed by atoms with Gasteiger partial charge in [-0.1, -0.05) is 0 Å². The molecule has 1 aromatic rings. The molecular formula is C16H25N3O3. The third-order valence-electron chi connectivity index (χ3n) is 3.58. The molecule has 1 saturated heterocycles. The van der Waals surface area contributed by atoms with Gasteiger partial charge in [0.25, 0.3) is 5.91 Å². The maximum Gasteiger partial charge on any atom is 0.251 e. The number of hydrogen-bond donors (Lipinski definition) is 2. The zero-order valence-corrected chi connectivity index (χ0v) is 13.1. The first kappa shape index (κ1) is 16.7. The molecule has 6 heteroatoms. The smallest absolute Gasteiger partial charge is 0.251 e. The van der Waals surface area contributed by atoms with Crippen molar-refractivity contribution >= 4 is 11.6 Å². The largest absolute Gasteiger partial charge is 0.383 e. The number of anilines is 1. The molecule has 1 fully saturated rings. The van der Waals surface area contributed by atoms with E-state index >= 15 is 0 Å². The van der Waals surface area contributed by atoms with Gasteiger partial charge in [0.05, 0.1) is 19.8 Å². The van der Waals surface area contributed by atoms with Gasteiger partial charge in [-0.15, -0.1) is 0 Å². The predicted molar refractivity (Wildman–Crippen MR) is 86.6 cm³/mol. The summed E-state index contributed by atoms with van der Waals surface area (Å²) in [7, 11) is 1.67. The molecule has 0 saturated carbocycles. The number of hydrogen-bond acceptors (Lipinski definition) is 5. The molecule has 0 bridgehead atoms. The molecule has 0 aliphatic carbocycles. The minimum atomic E-state index is -0.0398. The summed E-state index contributed by atoms with van der Waals surface area (Å²) < 4.78 is 10.3. The number of carbonyl (C=O) groups excluding carboxylic acids is 1. The van der Waals surface area contributed by atoms with E-state index in [1.54, 1.807) is 7.11 Å². The van der Waals surface area contributed by atoms with Gasteiger partial charge in [0.15, 0.2) is 0 Å². The zero-order valence-electron chi connectivity index (χ0n) is 13.1. The van der Waals surface area contributed by atoms with Crippen LogP contribution in [0.1, 0.15) is 10.4 Å². The van der Waals surface area contributed by atoms with Gasteiger partial charge in [-0.3, -0.25) is 4.79 Å². The first-order valence-corrected chi connectivity index (χ1v) is 7.72. The van der Waals surface area contributed by atoms with E-state index in [-0.39, 0.29) is 5.91 Å². The van der Waals surface area contributed by atoms with Crippen molar-refractivity contribution in [2.45, 2.75) is 0 Å². The third-order valence-corrected chi connectivity index (χ3v) is 3.58. The van der Waals surface area contributed by atoms with Crippen molar-refractivity contribution in [3.63, 3.8) is 0 Å². The predicted octanol–water partition coefficient (Wildman–Crippen LogP) is 0.489. The van der Waals surface area contributed by atoms with Crippen LogP contribution in [-0.2, 0) is 9.47 Å². The van der Waals surface area contributed by atoms with E-state index in [9.17, 15) is 4.79 Å². The van der Waals surface area contributed by atoms with Crippen LogP contribution in [0.2, 0.25) is 0 Å². The molecule has 0 spiro atoms. The van der Waals surface area contributed by atoms with Crippen LogP contribution in [0, 0.1) is 0 Å². The zero-order chi connectivity index (χ0) is 15.6. The average Bonchev–Trinajstić information content (AvgIpc) is 2.59. The first-order chi connectivity index (χ1) is 10.8. The van der Waals surface area contributed by atoms with Gasteiger partial charge in [0.1, 0.15) is 0 Å². The summed E-state index contributed by atoms with van der Waals surface area (Å²) >= 11 is 0. The fourth-order valence-corrected chi connectivity index (χ4v) is 2.31. The fourth-order valence-electron chi connectivity index (χ4n) is 2.31. The highest BCUT2D eigenvalue weighted by molar-refractivity contribution is 5.94. The van der Waals surface area contributed by atoms with Crippen molar-refractivity contribution in [2.75, 3.05) is 64.6 Å². The SMILES string of the molecule is COCCNCCNC(=O)c1ccc(N2CCOCC2)cc1. The lowest BCUT2D eigenvalue weighted by Crippen LogP contribution is -2.36. The number of carbonyl (C=O) groups is 1. The van der Waals surface area contributed by atoms with Crippen LogP contribution in [-0.4, -0.2) is 65.6 Å². The van der Waals surface area contributed by atoms with E-state index in [1.807, 2.05) is 24.3 Å². The van der Waals surface area contributed by atoms with E-state index in [1.165, 1.54) is 0 Å². The van der Waals surface area contributed by atoms with Crippen LogP contribution in [0.3, 0.4) is 0 Å². The van der Waals surface area contributed by atoms with E-state index in [4.69, 9.17) is 9.47 Å². The Morgan fingerprint density at radius 2 is 1.91 bits per heavy atom. The second kappa shape index (κ2) is 9.40. The fraction of sp³-hybridized carbons (Fsp3) is 0.562. The molecule has 1 heterocycles. The van der Waals surface area contributed by atoms with E-state index in [2.05, 4.69) is 15.5 Å². The van der Waals surface area contributed by atoms with Gasteiger partial charge in [-0.25, -0.2) is 0 Å². The molecule has 0 aromatic heterocycles. The average molecular weight is 307 g/mol. The molecule has 1 aliphatic heterocycles. The number of methoxy groups -OCH3 is 1. The van der Waals surface area contributed by atoms with Crippen LogP contribution in [0.5, 0.6) is 0 Å². The Balaban J connectivity index is 1.73. The molecule has 1 aliphatic rings. The normalized spacial score (nSPS) is 14.9. The molecule has 2 rings (SSSR count). The molecule has 1 aromatic carbocycles. The summed E-state index contributed by atoms with van der Waals surface area (Å²) in [6, 6.07) is 7.74. The van der Waals surface area contributed by atoms with Crippen molar-refractivity contribution in [2.24, 2.45) is 0 Å². The molecular weight excluding hydrogens is 282 g/mol. The summed E-state index contributed by atoms with van der Waals surface area (Å²) in [4.78, 5) is 14.3. The van der Waals surface area contributed by atoms with Crippen molar-refractivity contribution in [3.05, 3.63) is 29.8 Å². The Labute approximate surface area is 131 Å². The number of nitrogens with zero attached hydrogens (tertiary/aromatic N) is 1. The maximum atomic E-state index is 12.0. The van der Waals surface area contributed by atoms with Gasteiger partial charge >= 0.3 is 0 Å². The third kappa shape index (κ3) is 5.29. The number of nitrogens with one attached hydrogen (secondary N) is 2. The number of rotatable bonds is 8. The van der Waals surface area contributed by atoms with Gasteiger partial charge in [-0.2, -0.15) is 0 Å². The molecule has 1 amide bonds. The maximum absolute atomic E-state index is 12.0. The Kier molecular flexibility index (Phi) is 7.15. The van der Waals surface area contributed by atoms with Crippen molar-refractivity contribution in [3.8, 4) is 0 Å². The van der Waals surface area contributed by atoms with Crippen molar-refractivity contribution in [1.82, 2.24) is 10.6 Å². The minimum absolute atomic E-state index is 0.0398. The standard InChI is InChI=1S/C16H25N3O3/c1-21-11-8-17-6-7-18-16(20)14-2-4-15(5-3-14)19-9-12-22-13-10-19/h2-5,17H,6-13H2,1H3,(H,18,20). The second-order valence-corrected chi connectivity index (χ2v) is 5.14. The Morgan fingerprint density at radius 1 is 1.18 bits per heavy atom. The lowest BCUT2D eigenvalue weighted by molar-refractivity contribution is 0.0953. The molecule has 122 valence electrons. The van der Waals surface area contributed by atoms with Crippen LogP contribution in [0.15, 0.2) is 24.3 Å². The molecule has 22 heavy (non-hydrogen) atoms. The second-order valence-electron chi connectivity index (χ2n) is 5.14. The Bertz CT molecular complexity index is 444. The van der Waals surface area contributed by atoms with Crippen molar-refractivity contribution < 1.29 is 14.3 Å². The summed E-state index contributed by atoms with van der Waals surface area (Å²) in [5.74, 6) is -0.0398. The quantitative estimate of drug-likeness (QED) is 0.685. The van der Waals surface area contributed by atoms with Gasteiger partial charge in [0.2, 0.25) is 0 Å². The number of benzene rings is 1. The summed E-state index contributed by atoms with van der Waals surface area (Å²) in [5, 5.41) is 6.09. The lowest BCUT2D eigenvalue weighted by atomic mass is 10.1. The van der Waals surface area contributed by atoms with Crippen LogP contribution in [0.25, 0.3) is 0 Å². The topological polar surface area (TPSA) is 62.8 Å². The Hall–Kier alpha value is -1.63. The molecule has 0 unspecified atom stereocenters. The highest BCUT2D eigenvalue weighted by atomic mass is 16.5. The first-order valence-electron chi connectivity index (χ1n) is 7.72. The highest BCUT2D eigenvalue weighted by Crippen LogP contribution is 2.16. The van der Waals surface area contributed by atoms with Crippen LogP contribution >= 0.6 is 0 Å². The van der Waals surface area contributed by atoms with E-state index in [0.29, 0.717) is 18.7 Å². The summed E-state index contributed by atoms with van der Waals surface area (Å²) in [6.07, 6.45) is 0. The summed E-state index contributed by atoms with van der Waals surface area (Å²) in [6.45, 7) is 6.14. The summed E-state index contributed by atoms with van der Waals surface area (Å²) in [5.41, 5.74) is 1.83. The number of ether oxygens (including phenoxy) is 2. The van der Waals surface area contributed by atoms with Gasteiger partial charge in [-0.05, 0) is 24.3 Å². The molecule has 0 atom stereocenters. The van der Waals surface area contributed by atoms with Crippen molar-refractivity contribution in [1.29, 1.82) is 0 Å². The molecule has 2 N–H and O–H groups in total. The van der Waals surface area contributed by atoms with Gasteiger partial charge in [0, 0.05) is 51.1 Å². The van der Waals surface area contributed by atoms with Crippen LogP contribution < -0.4 is 15.5 Å². The molecule has 0 radical (unpaired) electrons. The number of amides is 1. The highest BCUT2D eigenvalue weighted by Gasteiger charge is 2.12. The molecule has 6 nitrogen and oxygen atoms in total. The monoisotopic (exact) mass is 307 g/mol.